The van der Waals surface area contributed by atoms with Crippen LogP contribution in [0.2, 0.25) is 0 Å². The second kappa shape index (κ2) is 6.92. The van der Waals surface area contributed by atoms with Gasteiger partial charge in [-0.05, 0) is 56.5 Å². The van der Waals surface area contributed by atoms with E-state index in [0.717, 1.165) is 5.75 Å². The van der Waals surface area contributed by atoms with Crippen LogP contribution < -0.4 is 15.8 Å². The van der Waals surface area contributed by atoms with E-state index >= 15 is 0 Å². The highest BCUT2D eigenvalue weighted by Gasteiger charge is 2.26. The number of hydrogen-bond donors (Lipinski definition) is 2. The van der Waals surface area contributed by atoms with Crippen molar-refractivity contribution in [3.63, 3.8) is 0 Å². The van der Waals surface area contributed by atoms with Crippen molar-refractivity contribution in [1.82, 2.24) is 5.32 Å². The fourth-order valence-corrected chi connectivity index (χ4v) is 2.63. The third kappa shape index (κ3) is 3.48. The van der Waals surface area contributed by atoms with Crippen LogP contribution in [-0.4, -0.2) is 20.7 Å². The molecule has 108 valence electrons. The highest BCUT2D eigenvalue weighted by molar-refractivity contribution is 5.43. The maximum Gasteiger partial charge on any atom is 0.123 e. The summed E-state index contributed by atoms with van der Waals surface area (Å²) < 4.78 is 5.56. The van der Waals surface area contributed by atoms with Crippen molar-refractivity contribution in [2.45, 2.75) is 33.7 Å². The molecule has 1 aromatic rings. The van der Waals surface area contributed by atoms with Crippen LogP contribution in [0.3, 0.4) is 0 Å². The standard InChI is InChI=1S/C16H28N2O/c1-10(2)14(9-17)16(18-5)13-7-11(3)12(4)8-15(13)19-6/h7-8,10,14,16,18H,9,17H2,1-6H3. The molecule has 1 rings (SSSR count). The summed E-state index contributed by atoms with van der Waals surface area (Å²) in [4.78, 5) is 0. The quantitative estimate of drug-likeness (QED) is 0.830. The van der Waals surface area contributed by atoms with Gasteiger partial charge in [-0.1, -0.05) is 19.9 Å². The summed E-state index contributed by atoms with van der Waals surface area (Å²) >= 11 is 0. The van der Waals surface area contributed by atoms with Crippen LogP contribution in [0.15, 0.2) is 12.1 Å². The van der Waals surface area contributed by atoms with E-state index in [1.807, 2.05) is 7.05 Å². The monoisotopic (exact) mass is 264 g/mol. The summed E-state index contributed by atoms with van der Waals surface area (Å²) in [6.45, 7) is 9.35. The van der Waals surface area contributed by atoms with Gasteiger partial charge in [0.15, 0.2) is 0 Å². The summed E-state index contributed by atoms with van der Waals surface area (Å²) in [5, 5.41) is 3.41. The smallest absolute Gasteiger partial charge is 0.123 e. The number of nitrogens with one attached hydrogen (secondary N) is 1. The first-order valence-electron chi connectivity index (χ1n) is 6.98. The summed E-state index contributed by atoms with van der Waals surface area (Å²) in [5.41, 5.74) is 9.71. The Balaban J connectivity index is 3.27. The van der Waals surface area contributed by atoms with Crippen molar-refractivity contribution in [3.05, 3.63) is 28.8 Å². The first kappa shape index (κ1) is 16.0. The summed E-state index contributed by atoms with van der Waals surface area (Å²) in [6.07, 6.45) is 0. The van der Waals surface area contributed by atoms with Gasteiger partial charge in [0.25, 0.3) is 0 Å². The Morgan fingerprint density at radius 1 is 1.21 bits per heavy atom. The maximum absolute atomic E-state index is 5.97. The Bertz CT molecular complexity index is 415. The van der Waals surface area contributed by atoms with Crippen molar-refractivity contribution in [1.29, 1.82) is 0 Å². The van der Waals surface area contributed by atoms with Crippen LogP contribution in [0.25, 0.3) is 0 Å². The molecule has 0 amide bonds. The normalized spacial score (nSPS) is 14.5. The van der Waals surface area contributed by atoms with Crippen molar-refractivity contribution in [2.75, 3.05) is 20.7 Å². The van der Waals surface area contributed by atoms with Gasteiger partial charge in [-0.2, -0.15) is 0 Å². The molecule has 2 atom stereocenters. The van der Waals surface area contributed by atoms with Crippen molar-refractivity contribution >= 4 is 0 Å². The van der Waals surface area contributed by atoms with E-state index in [-0.39, 0.29) is 6.04 Å². The minimum absolute atomic E-state index is 0.222. The number of benzene rings is 1. The van der Waals surface area contributed by atoms with E-state index in [9.17, 15) is 0 Å². The highest BCUT2D eigenvalue weighted by atomic mass is 16.5. The zero-order valence-electron chi connectivity index (χ0n) is 13.1. The van der Waals surface area contributed by atoms with Gasteiger partial charge < -0.3 is 15.8 Å². The Labute approximate surface area is 117 Å². The van der Waals surface area contributed by atoms with E-state index in [0.29, 0.717) is 18.4 Å². The number of hydrogen-bond acceptors (Lipinski definition) is 3. The second-order valence-corrected chi connectivity index (χ2v) is 5.59. The molecule has 0 heterocycles. The van der Waals surface area contributed by atoms with Crippen LogP contribution >= 0.6 is 0 Å². The summed E-state index contributed by atoms with van der Waals surface area (Å²) in [5.74, 6) is 1.86. The van der Waals surface area contributed by atoms with Gasteiger partial charge in [0.2, 0.25) is 0 Å². The molecule has 0 spiro atoms. The predicted molar refractivity (Wildman–Crippen MR) is 81.7 cm³/mol. The van der Waals surface area contributed by atoms with E-state index in [4.69, 9.17) is 10.5 Å². The predicted octanol–water partition coefficient (Wildman–Crippen LogP) is 2.80. The Kier molecular flexibility index (Phi) is 5.83. The third-order valence-electron chi connectivity index (χ3n) is 4.05. The molecular formula is C16H28N2O. The molecule has 19 heavy (non-hydrogen) atoms. The van der Waals surface area contributed by atoms with Crippen molar-refractivity contribution in [2.24, 2.45) is 17.6 Å². The summed E-state index contributed by atoms with van der Waals surface area (Å²) in [7, 11) is 3.72. The van der Waals surface area contributed by atoms with Gasteiger partial charge in [-0.25, -0.2) is 0 Å². The van der Waals surface area contributed by atoms with Gasteiger partial charge in [0.1, 0.15) is 5.75 Å². The van der Waals surface area contributed by atoms with E-state index < -0.39 is 0 Å². The molecule has 0 fully saturated rings. The maximum atomic E-state index is 5.97. The molecule has 0 saturated heterocycles. The van der Waals surface area contributed by atoms with E-state index in [1.54, 1.807) is 7.11 Å². The number of rotatable bonds is 6. The Hall–Kier alpha value is -1.06. The molecule has 0 aromatic heterocycles. The third-order valence-corrected chi connectivity index (χ3v) is 4.05. The molecule has 0 aliphatic carbocycles. The van der Waals surface area contributed by atoms with E-state index in [2.05, 4.69) is 45.1 Å². The SMILES string of the molecule is CNC(c1cc(C)c(C)cc1OC)C(CN)C(C)C. The largest absolute Gasteiger partial charge is 0.496 e. The van der Waals surface area contributed by atoms with Crippen LogP contribution in [0, 0.1) is 25.7 Å². The minimum atomic E-state index is 0.222. The van der Waals surface area contributed by atoms with Crippen LogP contribution in [0.4, 0.5) is 0 Å². The first-order valence-corrected chi connectivity index (χ1v) is 6.98. The molecule has 0 aliphatic rings. The van der Waals surface area contributed by atoms with Gasteiger partial charge in [-0.15, -0.1) is 0 Å². The molecule has 3 N–H and O–H groups in total. The lowest BCUT2D eigenvalue weighted by atomic mass is 9.83. The molecule has 2 unspecified atom stereocenters. The molecule has 3 nitrogen and oxygen atoms in total. The van der Waals surface area contributed by atoms with Crippen LogP contribution in [0.5, 0.6) is 5.75 Å². The zero-order chi connectivity index (χ0) is 14.6. The zero-order valence-corrected chi connectivity index (χ0v) is 13.1. The minimum Gasteiger partial charge on any atom is -0.496 e. The Morgan fingerprint density at radius 3 is 2.21 bits per heavy atom. The van der Waals surface area contributed by atoms with Crippen LogP contribution in [0.1, 0.15) is 36.6 Å². The topological polar surface area (TPSA) is 47.3 Å². The number of aryl methyl sites for hydroxylation is 2. The lowest BCUT2D eigenvalue weighted by Crippen LogP contribution is -2.34. The molecule has 0 bridgehead atoms. The van der Waals surface area contributed by atoms with E-state index in [1.165, 1.54) is 16.7 Å². The molecule has 1 aromatic carbocycles. The average Bonchev–Trinajstić information content (AvgIpc) is 2.38. The fourth-order valence-electron chi connectivity index (χ4n) is 2.63. The van der Waals surface area contributed by atoms with Crippen LogP contribution in [-0.2, 0) is 0 Å². The second-order valence-electron chi connectivity index (χ2n) is 5.59. The lowest BCUT2D eigenvalue weighted by molar-refractivity contribution is 0.290. The number of nitrogens with two attached hydrogens (primary N) is 1. The van der Waals surface area contributed by atoms with Gasteiger partial charge in [-0.3, -0.25) is 0 Å². The summed E-state index contributed by atoms with van der Waals surface area (Å²) in [6, 6.07) is 4.56. The van der Waals surface area contributed by atoms with Gasteiger partial charge in [0.05, 0.1) is 7.11 Å². The number of ether oxygens (including phenoxy) is 1. The molecular weight excluding hydrogens is 236 g/mol. The Morgan fingerprint density at radius 2 is 1.79 bits per heavy atom. The molecule has 0 radical (unpaired) electrons. The molecule has 0 aliphatic heterocycles. The van der Waals surface area contributed by atoms with Crippen molar-refractivity contribution in [3.8, 4) is 5.75 Å². The fraction of sp³-hybridized carbons (Fsp3) is 0.625. The first-order chi connectivity index (χ1) is 8.96. The molecule has 0 saturated carbocycles. The lowest BCUT2D eigenvalue weighted by Gasteiger charge is -2.30. The number of methoxy groups -OCH3 is 1. The molecule has 3 heteroatoms. The van der Waals surface area contributed by atoms with Crippen molar-refractivity contribution < 1.29 is 4.74 Å². The van der Waals surface area contributed by atoms with Gasteiger partial charge >= 0.3 is 0 Å². The van der Waals surface area contributed by atoms with Gasteiger partial charge in [0, 0.05) is 11.6 Å². The average molecular weight is 264 g/mol. The highest BCUT2D eigenvalue weighted by Crippen LogP contribution is 2.34.